The Bertz CT molecular complexity index is 710. The van der Waals surface area contributed by atoms with Gasteiger partial charge in [0.2, 0.25) is 5.91 Å². The standard InChI is InChI=1S/C18H21F3N2O4/c19-18(20,21)11-2-1-3-13(8-11)27-7-6-22-16(24)10-23-12-4-5-15(23)14(9-12)17(25)26/h1-3,8,12,14-15H,4-7,9-10H2,(H,22,24)(H,25,26). The minimum Gasteiger partial charge on any atom is -0.492 e. The van der Waals surface area contributed by atoms with Crippen LogP contribution in [0.15, 0.2) is 24.3 Å². The van der Waals surface area contributed by atoms with E-state index in [0.717, 1.165) is 25.0 Å². The molecule has 0 radical (unpaired) electrons. The number of aliphatic carboxylic acids is 1. The minimum atomic E-state index is -4.43. The molecule has 3 atom stereocenters. The third-order valence-corrected chi connectivity index (χ3v) is 5.18. The number of ether oxygens (including phenoxy) is 1. The molecule has 6 nitrogen and oxygen atoms in total. The average Bonchev–Trinajstić information content (AvgIpc) is 3.15. The highest BCUT2D eigenvalue weighted by Gasteiger charge is 2.49. The molecule has 0 saturated carbocycles. The van der Waals surface area contributed by atoms with E-state index in [4.69, 9.17) is 4.74 Å². The summed E-state index contributed by atoms with van der Waals surface area (Å²) in [4.78, 5) is 25.3. The zero-order valence-corrected chi connectivity index (χ0v) is 14.5. The van der Waals surface area contributed by atoms with E-state index >= 15 is 0 Å². The van der Waals surface area contributed by atoms with E-state index in [1.807, 2.05) is 4.90 Å². The number of nitrogens with one attached hydrogen (secondary N) is 1. The highest BCUT2D eigenvalue weighted by atomic mass is 19.4. The molecule has 1 aromatic rings. The first-order valence-corrected chi connectivity index (χ1v) is 8.81. The number of alkyl halides is 3. The van der Waals surface area contributed by atoms with Crippen LogP contribution < -0.4 is 10.1 Å². The van der Waals surface area contributed by atoms with Gasteiger partial charge >= 0.3 is 12.1 Å². The molecule has 2 heterocycles. The molecule has 2 aliphatic heterocycles. The van der Waals surface area contributed by atoms with Gasteiger partial charge in [-0.3, -0.25) is 14.5 Å². The summed E-state index contributed by atoms with van der Waals surface area (Å²) >= 11 is 0. The van der Waals surface area contributed by atoms with Crippen molar-refractivity contribution in [2.45, 2.75) is 37.5 Å². The average molecular weight is 386 g/mol. The van der Waals surface area contributed by atoms with Crippen LogP contribution in [0.3, 0.4) is 0 Å². The molecule has 148 valence electrons. The molecule has 9 heteroatoms. The molecule has 2 bridgehead atoms. The zero-order chi connectivity index (χ0) is 19.6. The predicted molar refractivity (Wildman–Crippen MR) is 89.2 cm³/mol. The summed E-state index contributed by atoms with van der Waals surface area (Å²) in [6.07, 6.45) is -2.17. The van der Waals surface area contributed by atoms with Gasteiger partial charge in [0.25, 0.3) is 0 Å². The maximum absolute atomic E-state index is 12.6. The molecular weight excluding hydrogens is 365 g/mol. The Morgan fingerprint density at radius 2 is 2.07 bits per heavy atom. The lowest BCUT2D eigenvalue weighted by molar-refractivity contribution is -0.143. The number of carboxylic acids is 1. The molecule has 2 fully saturated rings. The number of nitrogens with zero attached hydrogens (tertiary/aromatic N) is 1. The molecule has 0 spiro atoms. The highest BCUT2D eigenvalue weighted by molar-refractivity contribution is 5.78. The lowest BCUT2D eigenvalue weighted by Crippen LogP contribution is -2.42. The lowest BCUT2D eigenvalue weighted by atomic mass is 9.89. The number of hydrogen-bond donors (Lipinski definition) is 2. The quantitative estimate of drug-likeness (QED) is 0.702. The third-order valence-electron chi connectivity index (χ3n) is 5.18. The minimum absolute atomic E-state index is 0.0393. The zero-order valence-electron chi connectivity index (χ0n) is 14.5. The third kappa shape index (κ3) is 4.52. The summed E-state index contributed by atoms with van der Waals surface area (Å²) in [6, 6.07) is 4.59. The Morgan fingerprint density at radius 1 is 1.30 bits per heavy atom. The molecule has 0 aliphatic carbocycles. The Labute approximate surface area is 154 Å². The van der Waals surface area contributed by atoms with Crippen molar-refractivity contribution in [2.75, 3.05) is 19.7 Å². The largest absolute Gasteiger partial charge is 0.492 e. The molecule has 0 aromatic heterocycles. The van der Waals surface area contributed by atoms with E-state index in [2.05, 4.69) is 5.32 Å². The van der Waals surface area contributed by atoms with Gasteiger partial charge in [0, 0.05) is 12.1 Å². The fourth-order valence-electron chi connectivity index (χ4n) is 3.96. The second-order valence-corrected chi connectivity index (χ2v) is 6.88. The number of hydrogen-bond acceptors (Lipinski definition) is 4. The first kappa shape index (κ1) is 19.5. The van der Waals surface area contributed by atoms with Gasteiger partial charge in [0.15, 0.2) is 0 Å². The van der Waals surface area contributed by atoms with Crippen LogP contribution >= 0.6 is 0 Å². The van der Waals surface area contributed by atoms with Crippen LogP contribution in [0, 0.1) is 5.92 Å². The fraction of sp³-hybridized carbons (Fsp3) is 0.556. The van der Waals surface area contributed by atoms with E-state index in [1.54, 1.807) is 0 Å². The van der Waals surface area contributed by atoms with Crippen molar-refractivity contribution < 1.29 is 32.6 Å². The van der Waals surface area contributed by atoms with Crippen LogP contribution in [0.2, 0.25) is 0 Å². The lowest BCUT2D eigenvalue weighted by Gasteiger charge is -2.22. The maximum atomic E-state index is 12.6. The van der Waals surface area contributed by atoms with Gasteiger partial charge in [0.1, 0.15) is 12.4 Å². The number of carbonyl (C=O) groups excluding carboxylic acids is 1. The monoisotopic (exact) mass is 386 g/mol. The van der Waals surface area contributed by atoms with Crippen LogP contribution in [-0.4, -0.2) is 53.7 Å². The normalized spacial score (nSPS) is 24.8. The van der Waals surface area contributed by atoms with Crippen molar-refractivity contribution in [3.05, 3.63) is 29.8 Å². The van der Waals surface area contributed by atoms with Crippen LogP contribution in [0.5, 0.6) is 5.75 Å². The summed E-state index contributed by atoms with van der Waals surface area (Å²) < 4.78 is 43.2. The van der Waals surface area contributed by atoms with E-state index < -0.39 is 23.6 Å². The molecule has 1 amide bonds. The SMILES string of the molecule is O=C(CN1C2CCC1C(C(=O)O)C2)NCCOc1cccc(C(F)(F)F)c1. The Morgan fingerprint density at radius 3 is 2.74 bits per heavy atom. The number of benzene rings is 1. The molecule has 3 rings (SSSR count). The van der Waals surface area contributed by atoms with Crippen LogP contribution in [0.25, 0.3) is 0 Å². The second kappa shape index (κ2) is 7.75. The number of amides is 1. The van der Waals surface area contributed by atoms with Gasteiger partial charge in [-0.1, -0.05) is 6.07 Å². The first-order chi connectivity index (χ1) is 12.8. The fourth-order valence-corrected chi connectivity index (χ4v) is 3.96. The van der Waals surface area contributed by atoms with Crippen molar-refractivity contribution in [3.63, 3.8) is 0 Å². The van der Waals surface area contributed by atoms with Gasteiger partial charge in [0.05, 0.1) is 24.6 Å². The van der Waals surface area contributed by atoms with Gasteiger partial charge in [-0.25, -0.2) is 0 Å². The van der Waals surface area contributed by atoms with E-state index in [-0.39, 0.29) is 43.4 Å². The summed E-state index contributed by atoms with van der Waals surface area (Å²) in [5, 5.41) is 11.9. The second-order valence-electron chi connectivity index (χ2n) is 6.88. The van der Waals surface area contributed by atoms with Crippen molar-refractivity contribution >= 4 is 11.9 Å². The summed E-state index contributed by atoms with van der Waals surface area (Å²) in [5.74, 6) is -1.39. The number of rotatable bonds is 7. The molecule has 2 aliphatic rings. The van der Waals surface area contributed by atoms with E-state index in [9.17, 15) is 27.9 Å². The van der Waals surface area contributed by atoms with Gasteiger partial charge in [-0.05, 0) is 37.5 Å². The van der Waals surface area contributed by atoms with Gasteiger partial charge in [-0.15, -0.1) is 0 Å². The summed E-state index contributed by atoms with van der Waals surface area (Å²) in [5.41, 5.74) is -0.790. The molecular formula is C18H21F3N2O4. The molecule has 27 heavy (non-hydrogen) atoms. The van der Waals surface area contributed by atoms with Crippen molar-refractivity contribution in [1.82, 2.24) is 10.2 Å². The van der Waals surface area contributed by atoms with Crippen molar-refractivity contribution in [3.8, 4) is 5.75 Å². The van der Waals surface area contributed by atoms with E-state index in [0.29, 0.717) is 6.42 Å². The maximum Gasteiger partial charge on any atom is 0.416 e. The summed E-state index contributed by atoms with van der Waals surface area (Å²) in [6.45, 7) is 0.320. The highest BCUT2D eigenvalue weighted by Crippen LogP contribution is 2.41. The van der Waals surface area contributed by atoms with Gasteiger partial charge in [-0.2, -0.15) is 13.2 Å². The molecule has 2 N–H and O–H groups in total. The van der Waals surface area contributed by atoms with Gasteiger partial charge < -0.3 is 15.2 Å². The number of halogens is 3. The topological polar surface area (TPSA) is 78.9 Å². The van der Waals surface area contributed by atoms with Crippen LogP contribution in [-0.2, 0) is 15.8 Å². The number of carboxylic acid groups (broad SMARTS) is 1. The smallest absolute Gasteiger partial charge is 0.416 e. The first-order valence-electron chi connectivity index (χ1n) is 8.81. The molecule has 1 aromatic carbocycles. The van der Waals surface area contributed by atoms with Crippen molar-refractivity contribution in [2.24, 2.45) is 5.92 Å². The van der Waals surface area contributed by atoms with Crippen LogP contribution in [0.4, 0.5) is 13.2 Å². The summed E-state index contributed by atoms with van der Waals surface area (Å²) in [7, 11) is 0. The Balaban J connectivity index is 1.41. The Kier molecular flexibility index (Phi) is 5.59. The van der Waals surface area contributed by atoms with Crippen molar-refractivity contribution in [1.29, 1.82) is 0 Å². The Hall–Kier alpha value is -2.29. The van der Waals surface area contributed by atoms with E-state index in [1.165, 1.54) is 12.1 Å². The predicted octanol–water partition coefficient (Wildman–Crippen LogP) is 2.14. The van der Waals surface area contributed by atoms with Crippen LogP contribution in [0.1, 0.15) is 24.8 Å². The number of fused-ring (bicyclic) bond motifs is 2. The number of carbonyl (C=O) groups is 2. The molecule has 3 unspecified atom stereocenters. The molecule has 2 saturated heterocycles.